The molecular weight excluding hydrogens is 390 g/mol. The van der Waals surface area contributed by atoms with E-state index in [2.05, 4.69) is 10.6 Å². The van der Waals surface area contributed by atoms with Crippen molar-refractivity contribution in [2.24, 2.45) is 0 Å². The average Bonchev–Trinajstić information content (AvgIpc) is 2.71. The van der Waals surface area contributed by atoms with Crippen molar-refractivity contribution in [3.05, 3.63) is 47.5 Å². The van der Waals surface area contributed by atoms with Gasteiger partial charge in [0.05, 0.1) is 0 Å². The lowest BCUT2D eigenvalue weighted by molar-refractivity contribution is -0.114. The van der Waals surface area contributed by atoms with Crippen LogP contribution in [-0.4, -0.2) is 57.1 Å². The number of carbonyl (C=O) groups excluding carboxylic acids is 3. The number of piperidine rings is 1. The summed E-state index contributed by atoms with van der Waals surface area (Å²) in [5, 5.41) is 34.2. The highest BCUT2D eigenvalue weighted by atomic mass is 16.3. The van der Waals surface area contributed by atoms with Gasteiger partial charge >= 0.3 is 0 Å². The van der Waals surface area contributed by atoms with Crippen LogP contribution in [0.2, 0.25) is 0 Å². The highest BCUT2D eigenvalue weighted by Crippen LogP contribution is 2.35. The van der Waals surface area contributed by atoms with Gasteiger partial charge in [0.1, 0.15) is 0 Å². The predicted octanol–water partition coefficient (Wildman–Crippen LogP) is 1.80. The maximum absolute atomic E-state index is 12.6. The first-order valence-electron chi connectivity index (χ1n) is 9.47. The molecule has 1 aliphatic heterocycles. The van der Waals surface area contributed by atoms with E-state index < -0.39 is 17.2 Å². The summed E-state index contributed by atoms with van der Waals surface area (Å²) in [7, 11) is 0. The number of aromatic hydroxyl groups is 3. The molecule has 0 saturated carbocycles. The Balaban J connectivity index is 1.57. The number of anilines is 1. The summed E-state index contributed by atoms with van der Waals surface area (Å²) in [6, 6.07) is 8.72. The van der Waals surface area contributed by atoms with Crippen molar-refractivity contribution >= 4 is 23.4 Å². The zero-order valence-corrected chi connectivity index (χ0v) is 16.4. The van der Waals surface area contributed by atoms with Crippen molar-refractivity contribution in [1.82, 2.24) is 10.2 Å². The van der Waals surface area contributed by atoms with Crippen LogP contribution in [0.3, 0.4) is 0 Å². The molecule has 1 heterocycles. The zero-order chi connectivity index (χ0) is 21.8. The van der Waals surface area contributed by atoms with Gasteiger partial charge in [0.2, 0.25) is 5.91 Å². The number of hydrogen-bond acceptors (Lipinski definition) is 6. The van der Waals surface area contributed by atoms with E-state index in [1.165, 1.54) is 6.92 Å². The molecule has 2 aromatic rings. The van der Waals surface area contributed by atoms with Gasteiger partial charge in [0, 0.05) is 42.9 Å². The largest absolute Gasteiger partial charge is 0.504 e. The van der Waals surface area contributed by atoms with Crippen LogP contribution in [0, 0.1) is 0 Å². The van der Waals surface area contributed by atoms with E-state index in [1.54, 1.807) is 29.2 Å². The number of nitrogens with zero attached hydrogens (tertiary/aromatic N) is 1. The fourth-order valence-electron chi connectivity index (χ4n) is 3.35. The Morgan fingerprint density at radius 1 is 0.967 bits per heavy atom. The summed E-state index contributed by atoms with van der Waals surface area (Å²) in [4.78, 5) is 37.8. The minimum Gasteiger partial charge on any atom is -0.504 e. The number of likely N-dealkylation sites (tertiary alicyclic amines) is 1. The van der Waals surface area contributed by atoms with E-state index in [0.29, 0.717) is 37.2 Å². The van der Waals surface area contributed by atoms with Gasteiger partial charge in [0.15, 0.2) is 17.2 Å². The van der Waals surface area contributed by atoms with Crippen molar-refractivity contribution < 1.29 is 29.7 Å². The maximum atomic E-state index is 12.6. The molecule has 1 fully saturated rings. The number of rotatable bonds is 4. The minimum atomic E-state index is -0.671. The summed E-state index contributed by atoms with van der Waals surface area (Å²) in [5.74, 6) is -2.67. The summed E-state index contributed by atoms with van der Waals surface area (Å²) < 4.78 is 0. The van der Waals surface area contributed by atoms with Crippen LogP contribution in [0.25, 0.3) is 0 Å². The van der Waals surface area contributed by atoms with Gasteiger partial charge in [-0.25, -0.2) is 0 Å². The Bertz CT molecular complexity index is 959. The number of amides is 3. The van der Waals surface area contributed by atoms with E-state index in [4.69, 9.17) is 0 Å². The standard InChI is InChI=1S/C21H23N3O6/c1-12(25)22-16-4-2-3-13(9-16)20(29)23-15-5-7-24(8-6-15)21(30)14-10-17(26)19(28)18(27)11-14/h2-4,9-11,15,26-28H,5-8H2,1H3,(H,22,25)(H,23,29). The van der Waals surface area contributed by atoms with Crippen molar-refractivity contribution in [2.45, 2.75) is 25.8 Å². The highest BCUT2D eigenvalue weighted by molar-refractivity contribution is 5.97. The molecule has 5 N–H and O–H groups in total. The van der Waals surface area contributed by atoms with Gasteiger partial charge in [-0.3, -0.25) is 14.4 Å². The molecular formula is C21H23N3O6. The van der Waals surface area contributed by atoms with Gasteiger partial charge in [-0.15, -0.1) is 0 Å². The fraction of sp³-hybridized carbons (Fsp3) is 0.286. The van der Waals surface area contributed by atoms with E-state index in [9.17, 15) is 29.7 Å². The smallest absolute Gasteiger partial charge is 0.254 e. The molecule has 2 aromatic carbocycles. The lowest BCUT2D eigenvalue weighted by Crippen LogP contribution is -2.46. The first-order chi connectivity index (χ1) is 14.2. The number of carbonyl (C=O) groups is 3. The summed E-state index contributed by atoms with van der Waals surface area (Å²) in [6.45, 7) is 2.17. The Kier molecular flexibility index (Phi) is 6.10. The topological polar surface area (TPSA) is 139 Å². The number of phenols is 3. The molecule has 0 unspecified atom stereocenters. The molecule has 0 spiro atoms. The Morgan fingerprint density at radius 3 is 2.20 bits per heavy atom. The molecule has 0 bridgehead atoms. The van der Waals surface area contributed by atoms with E-state index in [-0.39, 0.29) is 29.3 Å². The van der Waals surface area contributed by atoms with Crippen LogP contribution < -0.4 is 10.6 Å². The quantitative estimate of drug-likeness (QED) is 0.484. The lowest BCUT2D eigenvalue weighted by atomic mass is 10.0. The molecule has 158 valence electrons. The predicted molar refractivity (Wildman–Crippen MR) is 109 cm³/mol. The maximum Gasteiger partial charge on any atom is 0.254 e. The Labute approximate surface area is 172 Å². The van der Waals surface area contributed by atoms with Gasteiger partial charge < -0.3 is 30.9 Å². The minimum absolute atomic E-state index is 0.0695. The van der Waals surface area contributed by atoms with E-state index >= 15 is 0 Å². The van der Waals surface area contributed by atoms with Gasteiger partial charge in [-0.2, -0.15) is 0 Å². The molecule has 30 heavy (non-hydrogen) atoms. The Morgan fingerprint density at radius 2 is 1.60 bits per heavy atom. The first kappa shape index (κ1) is 21.0. The molecule has 9 heteroatoms. The van der Waals surface area contributed by atoms with Crippen LogP contribution in [0.15, 0.2) is 36.4 Å². The zero-order valence-electron chi connectivity index (χ0n) is 16.4. The van der Waals surface area contributed by atoms with Gasteiger partial charge in [-0.05, 0) is 43.2 Å². The lowest BCUT2D eigenvalue weighted by Gasteiger charge is -2.32. The molecule has 3 amide bonds. The van der Waals surface area contributed by atoms with Crippen molar-refractivity contribution in [3.8, 4) is 17.2 Å². The van der Waals surface area contributed by atoms with Crippen LogP contribution in [0.1, 0.15) is 40.5 Å². The average molecular weight is 413 g/mol. The van der Waals surface area contributed by atoms with Crippen molar-refractivity contribution in [2.75, 3.05) is 18.4 Å². The van der Waals surface area contributed by atoms with Gasteiger partial charge in [-0.1, -0.05) is 6.07 Å². The summed E-state index contributed by atoms with van der Waals surface area (Å²) >= 11 is 0. The SMILES string of the molecule is CC(=O)Nc1cccc(C(=O)NC2CCN(C(=O)c3cc(O)c(O)c(O)c3)CC2)c1. The summed E-state index contributed by atoms with van der Waals surface area (Å²) in [6.07, 6.45) is 1.08. The third kappa shape index (κ3) is 4.80. The fourth-order valence-corrected chi connectivity index (χ4v) is 3.35. The summed E-state index contributed by atoms with van der Waals surface area (Å²) in [5.41, 5.74) is 1.03. The number of benzene rings is 2. The molecule has 0 radical (unpaired) electrons. The molecule has 1 saturated heterocycles. The monoisotopic (exact) mass is 413 g/mol. The van der Waals surface area contributed by atoms with Crippen molar-refractivity contribution in [3.63, 3.8) is 0 Å². The van der Waals surface area contributed by atoms with Gasteiger partial charge in [0.25, 0.3) is 11.8 Å². The number of phenolic OH excluding ortho intramolecular Hbond substituents is 3. The molecule has 9 nitrogen and oxygen atoms in total. The van der Waals surface area contributed by atoms with E-state index in [0.717, 1.165) is 12.1 Å². The number of hydrogen-bond donors (Lipinski definition) is 5. The van der Waals surface area contributed by atoms with Crippen LogP contribution in [0.4, 0.5) is 5.69 Å². The normalized spacial score (nSPS) is 14.2. The second kappa shape index (κ2) is 8.73. The molecule has 0 aliphatic carbocycles. The van der Waals surface area contributed by atoms with Crippen LogP contribution in [0.5, 0.6) is 17.2 Å². The third-order valence-corrected chi connectivity index (χ3v) is 4.88. The van der Waals surface area contributed by atoms with Crippen molar-refractivity contribution in [1.29, 1.82) is 0 Å². The molecule has 3 rings (SSSR count). The Hall–Kier alpha value is -3.75. The highest BCUT2D eigenvalue weighted by Gasteiger charge is 2.26. The molecule has 1 aliphatic rings. The first-order valence-corrected chi connectivity index (χ1v) is 9.47. The van der Waals surface area contributed by atoms with Crippen LogP contribution >= 0.6 is 0 Å². The molecule has 0 aromatic heterocycles. The number of nitrogens with one attached hydrogen (secondary N) is 2. The second-order valence-electron chi connectivity index (χ2n) is 7.17. The van der Waals surface area contributed by atoms with Crippen LogP contribution in [-0.2, 0) is 4.79 Å². The molecule has 0 atom stereocenters. The van der Waals surface area contributed by atoms with E-state index in [1.807, 2.05) is 0 Å². The third-order valence-electron chi connectivity index (χ3n) is 4.88. The second-order valence-corrected chi connectivity index (χ2v) is 7.17.